The van der Waals surface area contributed by atoms with Crippen molar-refractivity contribution in [2.75, 3.05) is 43.9 Å². The van der Waals surface area contributed by atoms with Gasteiger partial charge in [0.25, 0.3) is 0 Å². The minimum Gasteiger partial charge on any atom is -0.497 e. The van der Waals surface area contributed by atoms with Crippen molar-refractivity contribution >= 4 is 17.0 Å². The van der Waals surface area contributed by atoms with Crippen molar-refractivity contribution < 1.29 is 4.74 Å². The summed E-state index contributed by atoms with van der Waals surface area (Å²) >= 11 is 0. The van der Waals surface area contributed by atoms with Gasteiger partial charge in [-0.25, -0.2) is 4.98 Å². The van der Waals surface area contributed by atoms with E-state index in [0.717, 1.165) is 61.1 Å². The van der Waals surface area contributed by atoms with E-state index in [0.29, 0.717) is 0 Å². The van der Waals surface area contributed by atoms with Gasteiger partial charge in [0.2, 0.25) is 0 Å². The van der Waals surface area contributed by atoms with Crippen LogP contribution in [0.1, 0.15) is 5.69 Å². The predicted molar refractivity (Wildman–Crippen MR) is 126 cm³/mol. The Balaban J connectivity index is 1.42. The monoisotopic (exact) mass is 413 g/mol. The van der Waals surface area contributed by atoms with Gasteiger partial charge in [-0.1, -0.05) is 18.2 Å². The molecule has 4 aromatic rings. The molecule has 31 heavy (non-hydrogen) atoms. The molecule has 0 aliphatic carbocycles. The normalized spacial score (nSPS) is 14.8. The lowest BCUT2D eigenvalue weighted by Gasteiger charge is -2.36. The zero-order valence-corrected chi connectivity index (χ0v) is 17.7. The van der Waals surface area contributed by atoms with E-state index >= 15 is 0 Å². The number of piperazine rings is 1. The van der Waals surface area contributed by atoms with Crippen molar-refractivity contribution in [1.82, 2.24) is 14.3 Å². The van der Waals surface area contributed by atoms with E-state index in [-0.39, 0.29) is 0 Å². The molecule has 0 saturated carbocycles. The van der Waals surface area contributed by atoms with Crippen LogP contribution >= 0.6 is 0 Å². The minimum absolute atomic E-state index is 0.737. The van der Waals surface area contributed by atoms with Gasteiger partial charge in [-0.15, -0.1) is 0 Å². The maximum atomic E-state index is 6.11. The molecular formula is C25H27N5O. The third kappa shape index (κ3) is 3.94. The van der Waals surface area contributed by atoms with Crippen molar-refractivity contribution in [3.8, 4) is 17.0 Å². The highest BCUT2D eigenvalue weighted by Gasteiger charge is 2.21. The van der Waals surface area contributed by atoms with Gasteiger partial charge in [-0.05, 0) is 48.5 Å². The maximum absolute atomic E-state index is 6.11. The molecule has 0 atom stereocenters. The largest absolute Gasteiger partial charge is 0.497 e. The summed E-state index contributed by atoms with van der Waals surface area (Å²) in [6.45, 7) is 4.87. The van der Waals surface area contributed by atoms with Gasteiger partial charge in [0.05, 0.1) is 18.5 Å². The Morgan fingerprint density at radius 2 is 1.65 bits per heavy atom. The molecule has 2 aromatic heterocycles. The number of benzene rings is 2. The van der Waals surface area contributed by atoms with E-state index in [1.807, 2.05) is 30.5 Å². The molecule has 1 aliphatic heterocycles. The number of fused-ring (bicyclic) bond motifs is 1. The maximum Gasteiger partial charge on any atom is 0.137 e. The van der Waals surface area contributed by atoms with Crippen LogP contribution in [0.4, 0.5) is 11.4 Å². The first kappa shape index (κ1) is 19.5. The molecule has 0 spiro atoms. The predicted octanol–water partition coefficient (Wildman–Crippen LogP) is 3.91. The molecule has 0 radical (unpaired) electrons. The fraction of sp³-hybridized carbons (Fsp3) is 0.240. The number of aromatic nitrogens is 2. The Bertz CT molecular complexity index is 1160. The summed E-state index contributed by atoms with van der Waals surface area (Å²) < 4.78 is 7.46. The number of nitrogen functional groups attached to an aromatic ring is 1. The van der Waals surface area contributed by atoms with Crippen molar-refractivity contribution in [2.24, 2.45) is 0 Å². The smallest absolute Gasteiger partial charge is 0.137 e. The SMILES string of the molecule is COc1ccc(-c2nc3ccc(N)cn3c2CN2CCN(c3ccccc3)CC2)cc1. The number of pyridine rings is 1. The summed E-state index contributed by atoms with van der Waals surface area (Å²) in [4.78, 5) is 9.89. The number of methoxy groups -OCH3 is 1. The third-order valence-corrected chi connectivity index (χ3v) is 5.97. The first-order valence-electron chi connectivity index (χ1n) is 10.6. The summed E-state index contributed by atoms with van der Waals surface area (Å²) in [6, 6.07) is 22.6. The molecule has 0 amide bonds. The topological polar surface area (TPSA) is 59.0 Å². The molecule has 6 heteroatoms. The van der Waals surface area contributed by atoms with Gasteiger partial charge in [-0.2, -0.15) is 0 Å². The van der Waals surface area contributed by atoms with Crippen LogP contribution in [0.2, 0.25) is 0 Å². The average molecular weight is 414 g/mol. The number of hydrogen-bond donors (Lipinski definition) is 1. The van der Waals surface area contributed by atoms with Crippen LogP contribution in [0.5, 0.6) is 5.75 Å². The van der Waals surface area contributed by atoms with Gasteiger partial charge in [0.1, 0.15) is 11.4 Å². The van der Waals surface area contributed by atoms with Crippen molar-refractivity contribution in [3.05, 3.63) is 78.6 Å². The summed E-state index contributed by atoms with van der Waals surface area (Å²) in [5.41, 5.74) is 12.3. The Kier molecular flexibility index (Phi) is 5.22. The molecule has 0 bridgehead atoms. The number of imidazole rings is 1. The number of para-hydroxylation sites is 1. The van der Waals surface area contributed by atoms with Gasteiger partial charge >= 0.3 is 0 Å². The standard InChI is InChI=1S/C25H27N5O/c1-31-22-10-7-19(8-11-22)25-23(30-17-20(26)9-12-24(30)27-25)18-28-13-15-29(16-14-28)21-5-3-2-4-6-21/h2-12,17H,13-16,18,26H2,1H3. The van der Waals surface area contributed by atoms with Gasteiger partial charge in [0, 0.05) is 55.9 Å². The Labute approximate surface area is 182 Å². The van der Waals surface area contributed by atoms with Crippen molar-refractivity contribution in [1.29, 1.82) is 0 Å². The average Bonchev–Trinajstić information content (AvgIpc) is 3.17. The molecule has 2 N–H and O–H groups in total. The van der Waals surface area contributed by atoms with E-state index in [1.165, 1.54) is 11.4 Å². The second kappa shape index (κ2) is 8.32. The van der Waals surface area contributed by atoms with Gasteiger partial charge < -0.3 is 19.8 Å². The van der Waals surface area contributed by atoms with E-state index in [9.17, 15) is 0 Å². The highest BCUT2D eigenvalue weighted by Crippen LogP contribution is 2.28. The Hall–Kier alpha value is -3.51. The third-order valence-electron chi connectivity index (χ3n) is 5.97. The van der Waals surface area contributed by atoms with Crippen LogP contribution in [0, 0.1) is 0 Å². The van der Waals surface area contributed by atoms with Crippen LogP contribution in [0.15, 0.2) is 72.9 Å². The number of nitrogens with two attached hydrogens (primary N) is 1. The van der Waals surface area contributed by atoms with Crippen molar-refractivity contribution in [2.45, 2.75) is 6.54 Å². The van der Waals surface area contributed by atoms with E-state index in [4.69, 9.17) is 15.5 Å². The fourth-order valence-electron chi connectivity index (χ4n) is 4.26. The quantitative estimate of drug-likeness (QED) is 0.538. The lowest BCUT2D eigenvalue weighted by molar-refractivity contribution is 0.247. The van der Waals surface area contributed by atoms with E-state index in [1.54, 1.807) is 7.11 Å². The summed E-state index contributed by atoms with van der Waals surface area (Å²) in [6.07, 6.45) is 1.98. The van der Waals surface area contributed by atoms with Crippen LogP contribution in [0.3, 0.4) is 0 Å². The molecule has 0 unspecified atom stereocenters. The fourth-order valence-corrected chi connectivity index (χ4v) is 4.26. The molecule has 1 aliphatic rings. The lowest BCUT2D eigenvalue weighted by atomic mass is 10.1. The second-order valence-electron chi connectivity index (χ2n) is 7.92. The Morgan fingerprint density at radius 1 is 0.903 bits per heavy atom. The lowest BCUT2D eigenvalue weighted by Crippen LogP contribution is -2.46. The van der Waals surface area contributed by atoms with Gasteiger partial charge in [0.15, 0.2) is 0 Å². The molecular weight excluding hydrogens is 386 g/mol. The zero-order valence-electron chi connectivity index (χ0n) is 17.7. The highest BCUT2D eigenvalue weighted by molar-refractivity contribution is 5.68. The second-order valence-corrected chi connectivity index (χ2v) is 7.92. The van der Waals surface area contributed by atoms with E-state index < -0.39 is 0 Å². The molecule has 3 heterocycles. The zero-order chi connectivity index (χ0) is 21.2. The minimum atomic E-state index is 0.737. The first-order chi connectivity index (χ1) is 15.2. The number of rotatable bonds is 5. The number of anilines is 2. The Morgan fingerprint density at radius 3 is 2.35 bits per heavy atom. The molecule has 1 saturated heterocycles. The van der Waals surface area contributed by atoms with Crippen LogP contribution in [-0.4, -0.2) is 47.6 Å². The molecule has 5 rings (SSSR count). The van der Waals surface area contributed by atoms with Crippen LogP contribution in [-0.2, 0) is 6.54 Å². The number of nitrogens with zero attached hydrogens (tertiary/aromatic N) is 4. The number of hydrogen-bond acceptors (Lipinski definition) is 5. The molecule has 158 valence electrons. The van der Waals surface area contributed by atoms with Crippen molar-refractivity contribution in [3.63, 3.8) is 0 Å². The first-order valence-corrected chi connectivity index (χ1v) is 10.6. The molecule has 2 aromatic carbocycles. The summed E-state index contributed by atoms with van der Waals surface area (Å²) in [5.74, 6) is 0.843. The molecule has 6 nitrogen and oxygen atoms in total. The van der Waals surface area contributed by atoms with Crippen LogP contribution < -0.4 is 15.4 Å². The molecule has 1 fully saturated rings. The van der Waals surface area contributed by atoms with E-state index in [2.05, 4.69) is 56.7 Å². The summed E-state index contributed by atoms with van der Waals surface area (Å²) in [7, 11) is 1.68. The highest BCUT2D eigenvalue weighted by atomic mass is 16.5. The summed E-state index contributed by atoms with van der Waals surface area (Å²) in [5, 5.41) is 0. The number of ether oxygens (including phenoxy) is 1. The van der Waals surface area contributed by atoms with Gasteiger partial charge in [-0.3, -0.25) is 4.90 Å². The van der Waals surface area contributed by atoms with Crippen LogP contribution in [0.25, 0.3) is 16.9 Å².